The summed E-state index contributed by atoms with van der Waals surface area (Å²) in [5, 5.41) is 10.6. The highest BCUT2D eigenvalue weighted by molar-refractivity contribution is 6.15. The number of aliphatic hydroxyl groups excluding tert-OH is 1. The first kappa shape index (κ1) is 20.8. The number of nitrogens with one attached hydrogen (secondary N) is 1. The molecule has 7 nitrogen and oxygen atoms in total. The van der Waals surface area contributed by atoms with Gasteiger partial charge in [-0.15, -0.1) is 0 Å². The van der Waals surface area contributed by atoms with Crippen molar-refractivity contribution in [3.8, 4) is 0 Å². The molecule has 0 saturated heterocycles. The number of amides is 1. The molecule has 0 aromatic carbocycles. The number of pyridine rings is 1. The van der Waals surface area contributed by atoms with Crippen molar-refractivity contribution in [2.45, 2.75) is 33.2 Å². The molecule has 0 saturated carbocycles. The molecule has 2 aromatic rings. The highest BCUT2D eigenvalue weighted by Gasteiger charge is 2.44. The van der Waals surface area contributed by atoms with Crippen LogP contribution in [0.5, 0.6) is 0 Å². The average molecular weight is 398 g/mol. The lowest BCUT2D eigenvalue weighted by Gasteiger charge is -2.27. The van der Waals surface area contributed by atoms with Crippen LogP contribution in [0.25, 0.3) is 0 Å². The Morgan fingerprint density at radius 2 is 2.03 bits per heavy atom. The lowest BCUT2D eigenvalue weighted by Crippen LogP contribution is -3.11. The van der Waals surface area contributed by atoms with E-state index < -0.39 is 23.5 Å². The van der Waals surface area contributed by atoms with Crippen molar-refractivity contribution in [1.29, 1.82) is 0 Å². The number of carbonyl (C=O) groups excluding carboxylic acids is 2. The van der Waals surface area contributed by atoms with Crippen LogP contribution in [0, 0.1) is 6.92 Å². The first-order valence-corrected chi connectivity index (χ1v) is 10.1. The molecule has 2 N–H and O–H groups in total. The maximum Gasteiger partial charge on any atom is 0.290 e. The molecule has 3 heterocycles. The molecule has 2 aromatic heterocycles. The zero-order valence-corrected chi connectivity index (χ0v) is 17.1. The van der Waals surface area contributed by atoms with Crippen LogP contribution < -0.4 is 4.90 Å². The molecule has 29 heavy (non-hydrogen) atoms. The van der Waals surface area contributed by atoms with Gasteiger partial charge in [-0.3, -0.25) is 14.6 Å². The van der Waals surface area contributed by atoms with E-state index in [1.165, 1.54) is 4.90 Å². The van der Waals surface area contributed by atoms with Gasteiger partial charge in [0.05, 0.1) is 31.2 Å². The van der Waals surface area contributed by atoms with Crippen LogP contribution in [0.15, 0.2) is 52.4 Å². The van der Waals surface area contributed by atoms with Crippen LogP contribution in [0.3, 0.4) is 0 Å². The highest BCUT2D eigenvalue weighted by atomic mass is 16.3. The minimum absolute atomic E-state index is 0.0486. The summed E-state index contributed by atoms with van der Waals surface area (Å²) in [4.78, 5) is 33.1. The molecular formula is C22H28N3O4+. The van der Waals surface area contributed by atoms with Crippen molar-refractivity contribution in [3.05, 3.63) is 65.1 Å². The second kappa shape index (κ2) is 9.05. The monoisotopic (exact) mass is 398 g/mol. The predicted molar refractivity (Wildman–Crippen MR) is 108 cm³/mol. The number of furan rings is 1. The van der Waals surface area contributed by atoms with Crippen molar-refractivity contribution < 1.29 is 24.0 Å². The summed E-state index contributed by atoms with van der Waals surface area (Å²) >= 11 is 0. The topological polar surface area (TPSA) is 88.1 Å². The Labute approximate surface area is 170 Å². The number of Topliss-reactive ketones (excluding diaryl/α,β-unsaturated/α-hetero) is 1. The molecule has 0 fully saturated rings. The van der Waals surface area contributed by atoms with Gasteiger partial charge in [0.1, 0.15) is 5.76 Å². The molecule has 154 valence electrons. The highest BCUT2D eigenvalue weighted by Crippen LogP contribution is 2.38. The van der Waals surface area contributed by atoms with Crippen LogP contribution in [-0.4, -0.2) is 52.9 Å². The van der Waals surface area contributed by atoms with E-state index in [0.717, 1.165) is 26.1 Å². The van der Waals surface area contributed by atoms with Gasteiger partial charge in [0, 0.05) is 25.4 Å². The fourth-order valence-corrected chi connectivity index (χ4v) is 3.79. The predicted octanol–water partition coefficient (Wildman–Crippen LogP) is 1.88. The largest absolute Gasteiger partial charge is 0.503 e. The van der Waals surface area contributed by atoms with Crippen LogP contribution >= 0.6 is 0 Å². The number of aromatic nitrogens is 1. The van der Waals surface area contributed by atoms with Gasteiger partial charge in [-0.2, -0.15) is 0 Å². The quantitative estimate of drug-likeness (QED) is 0.630. The van der Waals surface area contributed by atoms with Crippen molar-refractivity contribution in [2.24, 2.45) is 0 Å². The molecule has 0 bridgehead atoms. The summed E-state index contributed by atoms with van der Waals surface area (Å²) in [6, 6.07) is 6.14. The zero-order valence-electron chi connectivity index (χ0n) is 17.1. The number of rotatable bonds is 9. The van der Waals surface area contributed by atoms with Crippen molar-refractivity contribution in [3.63, 3.8) is 0 Å². The molecule has 1 aliphatic heterocycles. The Bertz CT molecular complexity index is 900. The number of hydrogen-bond donors (Lipinski definition) is 2. The SMILES string of the molecule is CC[NH+](CC)CCCN1C(=O)C(O)=C(C(=O)c2ccc(C)o2)[C@H]1c1cccnc1. The summed E-state index contributed by atoms with van der Waals surface area (Å²) in [7, 11) is 0. The van der Waals surface area contributed by atoms with Gasteiger partial charge in [-0.05, 0) is 44.5 Å². The molecule has 0 aliphatic carbocycles. The van der Waals surface area contributed by atoms with Crippen LogP contribution in [-0.2, 0) is 4.79 Å². The van der Waals surface area contributed by atoms with E-state index in [9.17, 15) is 14.7 Å². The normalized spacial score (nSPS) is 16.9. The van der Waals surface area contributed by atoms with E-state index in [1.54, 1.807) is 42.4 Å². The molecule has 7 heteroatoms. The van der Waals surface area contributed by atoms with Crippen LogP contribution in [0.1, 0.15) is 48.2 Å². The molecule has 0 radical (unpaired) electrons. The third kappa shape index (κ3) is 4.24. The molecule has 3 rings (SSSR count). The van der Waals surface area contributed by atoms with Gasteiger partial charge >= 0.3 is 0 Å². The fraction of sp³-hybridized carbons (Fsp3) is 0.409. The van der Waals surface area contributed by atoms with E-state index in [1.807, 2.05) is 6.07 Å². The Kier molecular flexibility index (Phi) is 6.49. The maximum absolute atomic E-state index is 13.1. The van der Waals surface area contributed by atoms with E-state index in [-0.39, 0.29) is 11.3 Å². The first-order valence-electron chi connectivity index (χ1n) is 10.1. The number of nitrogens with zero attached hydrogens (tertiary/aromatic N) is 2. The minimum Gasteiger partial charge on any atom is -0.503 e. The van der Waals surface area contributed by atoms with Crippen LogP contribution in [0.4, 0.5) is 0 Å². The summed E-state index contributed by atoms with van der Waals surface area (Å²) in [5.74, 6) is -0.808. The molecular weight excluding hydrogens is 370 g/mol. The fourth-order valence-electron chi connectivity index (χ4n) is 3.79. The summed E-state index contributed by atoms with van der Waals surface area (Å²) < 4.78 is 5.46. The lowest BCUT2D eigenvalue weighted by molar-refractivity contribution is -0.896. The first-order chi connectivity index (χ1) is 14.0. The number of carbonyl (C=O) groups is 2. The summed E-state index contributed by atoms with van der Waals surface area (Å²) in [5.41, 5.74) is 0.735. The smallest absolute Gasteiger partial charge is 0.290 e. The van der Waals surface area contributed by atoms with E-state index in [2.05, 4.69) is 18.8 Å². The zero-order chi connectivity index (χ0) is 21.0. The maximum atomic E-state index is 13.1. The summed E-state index contributed by atoms with van der Waals surface area (Å²) in [6.45, 7) is 9.40. The van der Waals surface area contributed by atoms with Crippen molar-refractivity contribution >= 4 is 11.7 Å². The average Bonchev–Trinajstić information content (AvgIpc) is 3.28. The van der Waals surface area contributed by atoms with Crippen LogP contribution in [0.2, 0.25) is 0 Å². The lowest BCUT2D eigenvalue weighted by atomic mass is 9.96. The van der Waals surface area contributed by atoms with Crippen molar-refractivity contribution in [1.82, 2.24) is 9.88 Å². The molecule has 1 amide bonds. The second-order valence-electron chi connectivity index (χ2n) is 7.25. The van der Waals surface area contributed by atoms with Gasteiger partial charge in [-0.25, -0.2) is 0 Å². The molecule has 0 unspecified atom stereocenters. The molecule has 0 spiro atoms. The van der Waals surface area contributed by atoms with E-state index in [0.29, 0.717) is 17.9 Å². The second-order valence-corrected chi connectivity index (χ2v) is 7.25. The molecule has 1 aliphatic rings. The standard InChI is InChI=1S/C22H27N3O4/c1-4-24(5-2)12-7-13-25-19(16-8-6-11-23-14-16)18(21(27)22(25)28)20(26)17-10-9-15(3)29-17/h6,8-11,14,19,27H,4-5,7,12-13H2,1-3H3/p+1/t19-/m1/s1. The van der Waals surface area contributed by atoms with Gasteiger partial charge in [-0.1, -0.05) is 6.07 Å². The Balaban J connectivity index is 1.91. The number of aliphatic hydroxyl groups is 1. The number of aryl methyl sites for hydroxylation is 1. The van der Waals surface area contributed by atoms with Gasteiger partial charge in [0.15, 0.2) is 11.5 Å². The van der Waals surface area contributed by atoms with Gasteiger partial charge in [0.25, 0.3) is 5.91 Å². The summed E-state index contributed by atoms with van der Waals surface area (Å²) in [6.07, 6.45) is 4.03. The minimum atomic E-state index is -0.680. The third-order valence-electron chi connectivity index (χ3n) is 5.44. The Morgan fingerprint density at radius 1 is 1.28 bits per heavy atom. The number of quaternary nitrogens is 1. The van der Waals surface area contributed by atoms with Gasteiger partial charge in [0.2, 0.25) is 5.78 Å². The Morgan fingerprint density at radius 3 is 2.62 bits per heavy atom. The van der Waals surface area contributed by atoms with E-state index >= 15 is 0 Å². The van der Waals surface area contributed by atoms with Crippen molar-refractivity contribution in [2.75, 3.05) is 26.2 Å². The Hall–Kier alpha value is -2.93. The van der Waals surface area contributed by atoms with Gasteiger partial charge < -0.3 is 19.3 Å². The van der Waals surface area contributed by atoms with E-state index in [4.69, 9.17) is 4.42 Å². The number of ketones is 1. The molecule has 1 atom stereocenters. The third-order valence-corrected chi connectivity index (χ3v) is 5.44. The number of hydrogen-bond acceptors (Lipinski definition) is 5.